The lowest BCUT2D eigenvalue weighted by Gasteiger charge is -2.20. The molecule has 0 spiro atoms. The van der Waals surface area contributed by atoms with Crippen molar-refractivity contribution in [1.82, 2.24) is 15.1 Å². The first-order valence-corrected chi connectivity index (χ1v) is 7.23. The number of nitrogens with one attached hydrogen (secondary N) is 1. The second kappa shape index (κ2) is 6.57. The normalized spacial score (nSPS) is 12.7. The van der Waals surface area contributed by atoms with Crippen LogP contribution in [0.5, 0.6) is 0 Å². The molecule has 0 amide bonds. The van der Waals surface area contributed by atoms with Crippen molar-refractivity contribution in [2.45, 2.75) is 26.4 Å². The van der Waals surface area contributed by atoms with Gasteiger partial charge >= 0.3 is 0 Å². The van der Waals surface area contributed by atoms with E-state index < -0.39 is 5.82 Å². The first kappa shape index (κ1) is 15.3. The van der Waals surface area contributed by atoms with Crippen molar-refractivity contribution in [3.05, 3.63) is 51.5 Å². The molecule has 1 unspecified atom stereocenters. The summed E-state index contributed by atoms with van der Waals surface area (Å²) in [5.74, 6) is -0.439. The quantitative estimate of drug-likeness (QED) is 0.902. The van der Waals surface area contributed by atoms with Crippen LogP contribution in [0.25, 0.3) is 0 Å². The summed E-state index contributed by atoms with van der Waals surface area (Å²) in [6.07, 6.45) is 1.61. The summed E-state index contributed by atoms with van der Waals surface area (Å²) in [6, 6.07) is 4.56. The number of hydrogen-bond acceptors (Lipinski definition) is 2. The van der Waals surface area contributed by atoms with Crippen LogP contribution in [0.3, 0.4) is 0 Å². The van der Waals surface area contributed by atoms with Crippen LogP contribution in [0.15, 0.2) is 24.4 Å². The molecule has 0 aliphatic carbocycles. The van der Waals surface area contributed by atoms with Crippen molar-refractivity contribution in [2.75, 3.05) is 6.54 Å². The van der Waals surface area contributed by atoms with Gasteiger partial charge in [0.2, 0.25) is 0 Å². The van der Waals surface area contributed by atoms with E-state index in [1.165, 1.54) is 6.07 Å². The standard InChI is InChI=1S/C14H16Cl2FN3/c1-3-18-13(9-5-6-10(15)12(17)7-9)14-11(16)8-19-20(14)4-2/h5-8,13,18H,3-4H2,1-2H3. The van der Waals surface area contributed by atoms with Gasteiger partial charge in [-0.25, -0.2) is 4.39 Å². The van der Waals surface area contributed by atoms with Gasteiger partial charge in [-0.2, -0.15) is 5.10 Å². The molecular weight excluding hydrogens is 300 g/mol. The first-order valence-electron chi connectivity index (χ1n) is 6.48. The van der Waals surface area contributed by atoms with Gasteiger partial charge in [0.25, 0.3) is 0 Å². The highest BCUT2D eigenvalue weighted by Gasteiger charge is 2.21. The Labute approximate surface area is 127 Å². The van der Waals surface area contributed by atoms with Gasteiger partial charge in [0.15, 0.2) is 0 Å². The van der Waals surface area contributed by atoms with Gasteiger partial charge in [-0.3, -0.25) is 4.68 Å². The molecule has 0 saturated carbocycles. The van der Waals surface area contributed by atoms with Crippen LogP contribution in [-0.4, -0.2) is 16.3 Å². The molecule has 1 aromatic heterocycles. The van der Waals surface area contributed by atoms with Crippen LogP contribution in [-0.2, 0) is 6.54 Å². The molecule has 3 nitrogen and oxygen atoms in total. The van der Waals surface area contributed by atoms with E-state index in [0.717, 1.165) is 17.8 Å². The van der Waals surface area contributed by atoms with Gasteiger partial charge in [-0.15, -0.1) is 0 Å². The third kappa shape index (κ3) is 2.97. The summed E-state index contributed by atoms with van der Waals surface area (Å²) in [6.45, 7) is 5.39. The molecular formula is C14H16Cl2FN3. The van der Waals surface area contributed by atoms with Crippen LogP contribution in [0.4, 0.5) is 4.39 Å². The molecule has 20 heavy (non-hydrogen) atoms. The number of rotatable bonds is 5. The second-order valence-corrected chi connectivity index (χ2v) is 5.17. The molecule has 0 fully saturated rings. The minimum atomic E-state index is -0.439. The van der Waals surface area contributed by atoms with Crippen LogP contribution in [0.2, 0.25) is 10.0 Å². The van der Waals surface area contributed by atoms with Crippen LogP contribution < -0.4 is 5.32 Å². The fraction of sp³-hybridized carbons (Fsp3) is 0.357. The highest BCUT2D eigenvalue weighted by atomic mass is 35.5. The molecule has 2 rings (SSSR count). The zero-order valence-corrected chi connectivity index (χ0v) is 12.8. The van der Waals surface area contributed by atoms with Gasteiger partial charge in [0.05, 0.1) is 28.0 Å². The van der Waals surface area contributed by atoms with Crippen molar-refractivity contribution < 1.29 is 4.39 Å². The van der Waals surface area contributed by atoms with E-state index in [1.54, 1.807) is 18.3 Å². The van der Waals surface area contributed by atoms with Gasteiger partial charge in [-0.1, -0.05) is 36.2 Å². The molecule has 1 N–H and O–H groups in total. The Morgan fingerprint density at radius 3 is 2.65 bits per heavy atom. The molecule has 108 valence electrons. The molecule has 0 aliphatic heterocycles. The lowest BCUT2D eigenvalue weighted by molar-refractivity contribution is 0.538. The minimum Gasteiger partial charge on any atom is -0.305 e. The zero-order valence-electron chi connectivity index (χ0n) is 11.3. The van der Waals surface area contributed by atoms with E-state index in [-0.39, 0.29) is 11.1 Å². The summed E-state index contributed by atoms with van der Waals surface area (Å²) in [7, 11) is 0. The molecule has 1 atom stereocenters. The molecule has 1 aromatic carbocycles. The van der Waals surface area contributed by atoms with E-state index in [4.69, 9.17) is 23.2 Å². The zero-order chi connectivity index (χ0) is 14.7. The number of aromatic nitrogens is 2. The average molecular weight is 316 g/mol. The van der Waals surface area contributed by atoms with E-state index in [0.29, 0.717) is 11.6 Å². The molecule has 1 heterocycles. The Bertz CT molecular complexity index is 598. The highest BCUT2D eigenvalue weighted by molar-refractivity contribution is 6.31. The summed E-state index contributed by atoms with van der Waals surface area (Å²) < 4.78 is 15.5. The minimum absolute atomic E-state index is 0.110. The number of hydrogen-bond donors (Lipinski definition) is 1. The predicted molar refractivity (Wildman–Crippen MR) is 79.8 cm³/mol. The fourth-order valence-electron chi connectivity index (χ4n) is 2.18. The van der Waals surface area contributed by atoms with E-state index in [9.17, 15) is 4.39 Å². The van der Waals surface area contributed by atoms with Crippen molar-refractivity contribution in [3.63, 3.8) is 0 Å². The molecule has 6 heteroatoms. The van der Waals surface area contributed by atoms with Crippen molar-refractivity contribution in [1.29, 1.82) is 0 Å². The van der Waals surface area contributed by atoms with Crippen LogP contribution >= 0.6 is 23.2 Å². The molecule has 0 bridgehead atoms. The van der Waals surface area contributed by atoms with Crippen molar-refractivity contribution >= 4 is 23.2 Å². The second-order valence-electron chi connectivity index (χ2n) is 4.36. The maximum atomic E-state index is 13.7. The number of halogens is 3. The van der Waals surface area contributed by atoms with Crippen molar-refractivity contribution in [2.24, 2.45) is 0 Å². The third-order valence-corrected chi connectivity index (χ3v) is 3.69. The van der Waals surface area contributed by atoms with E-state index in [1.807, 2.05) is 18.5 Å². The summed E-state index contributed by atoms with van der Waals surface area (Å²) in [4.78, 5) is 0. The topological polar surface area (TPSA) is 29.9 Å². The fourth-order valence-corrected chi connectivity index (χ4v) is 2.55. The number of benzene rings is 1. The Balaban J connectivity index is 2.49. The van der Waals surface area contributed by atoms with Crippen LogP contribution in [0.1, 0.15) is 31.1 Å². The van der Waals surface area contributed by atoms with Crippen molar-refractivity contribution in [3.8, 4) is 0 Å². The smallest absolute Gasteiger partial charge is 0.142 e. The summed E-state index contributed by atoms with van der Waals surface area (Å²) in [5.41, 5.74) is 1.60. The van der Waals surface area contributed by atoms with Gasteiger partial charge in [0, 0.05) is 6.54 Å². The Hall–Kier alpha value is -1.10. The molecule has 0 radical (unpaired) electrons. The predicted octanol–water partition coefficient (Wildman–Crippen LogP) is 4.05. The van der Waals surface area contributed by atoms with Gasteiger partial charge < -0.3 is 5.32 Å². The molecule has 0 saturated heterocycles. The SMILES string of the molecule is CCNC(c1ccc(Cl)c(F)c1)c1c(Cl)cnn1CC. The summed E-state index contributed by atoms with van der Waals surface area (Å²) in [5, 5.41) is 8.21. The highest BCUT2D eigenvalue weighted by Crippen LogP contribution is 2.30. The van der Waals surface area contributed by atoms with Crippen LogP contribution in [0, 0.1) is 5.82 Å². The third-order valence-electron chi connectivity index (χ3n) is 3.09. The largest absolute Gasteiger partial charge is 0.305 e. The van der Waals surface area contributed by atoms with E-state index >= 15 is 0 Å². The molecule has 2 aromatic rings. The summed E-state index contributed by atoms with van der Waals surface area (Å²) >= 11 is 12.0. The Morgan fingerprint density at radius 2 is 2.05 bits per heavy atom. The maximum absolute atomic E-state index is 13.7. The average Bonchev–Trinajstić information content (AvgIpc) is 2.80. The Morgan fingerprint density at radius 1 is 1.30 bits per heavy atom. The first-order chi connectivity index (χ1) is 9.58. The monoisotopic (exact) mass is 315 g/mol. The van der Waals surface area contributed by atoms with Gasteiger partial charge in [0.1, 0.15) is 5.82 Å². The van der Waals surface area contributed by atoms with Gasteiger partial charge in [-0.05, 0) is 31.2 Å². The number of aryl methyl sites for hydroxylation is 1. The molecule has 0 aliphatic rings. The maximum Gasteiger partial charge on any atom is 0.142 e. The number of nitrogens with zero attached hydrogens (tertiary/aromatic N) is 2. The Kier molecular flexibility index (Phi) is 5.02. The lowest BCUT2D eigenvalue weighted by atomic mass is 10.0. The lowest BCUT2D eigenvalue weighted by Crippen LogP contribution is -2.25. The van der Waals surface area contributed by atoms with E-state index in [2.05, 4.69) is 10.4 Å².